The van der Waals surface area contributed by atoms with E-state index < -0.39 is 12.1 Å². The van der Waals surface area contributed by atoms with Crippen LogP contribution in [-0.4, -0.2) is 33.2 Å². The number of hydrogen-bond donors (Lipinski definition) is 2. The maximum Gasteiger partial charge on any atom is 0.329 e. The second kappa shape index (κ2) is 7.28. The zero-order valence-corrected chi connectivity index (χ0v) is 14.3. The smallest absolute Gasteiger partial charge is 0.329 e. The van der Waals surface area contributed by atoms with Gasteiger partial charge in [-0.2, -0.15) is 5.10 Å². The van der Waals surface area contributed by atoms with E-state index in [1.807, 2.05) is 30.3 Å². The third-order valence-corrected chi connectivity index (χ3v) is 4.24. The van der Waals surface area contributed by atoms with Crippen LogP contribution in [0.4, 0.5) is 10.5 Å². The molecule has 136 valence electrons. The average molecular weight is 363 g/mol. The number of H-pyrrole nitrogens is 1. The molecule has 0 aliphatic carbocycles. The van der Waals surface area contributed by atoms with Gasteiger partial charge in [-0.25, -0.2) is 14.7 Å². The van der Waals surface area contributed by atoms with Crippen LogP contribution in [0.3, 0.4) is 0 Å². The summed E-state index contributed by atoms with van der Waals surface area (Å²) in [7, 11) is 0. The van der Waals surface area contributed by atoms with Crippen LogP contribution in [-0.2, 0) is 17.8 Å². The average Bonchev–Trinajstić information content (AvgIpc) is 3.30. The summed E-state index contributed by atoms with van der Waals surface area (Å²) in [5, 5.41) is 9.20. The molecular formula is C19H17N5O3. The first-order valence-corrected chi connectivity index (χ1v) is 8.46. The second-order valence-corrected chi connectivity index (χ2v) is 6.08. The summed E-state index contributed by atoms with van der Waals surface area (Å²) < 4.78 is 5.58. The number of amides is 3. The van der Waals surface area contributed by atoms with Gasteiger partial charge in [0.2, 0.25) is 0 Å². The molecule has 1 unspecified atom stereocenters. The van der Waals surface area contributed by atoms with E-state index in [1.54, 1.807) is 24.3 Å². The van der Waals surface area contributed by atoms with Gasteiger partial charge in [0.05, 0.1) is 5.69 Å². The first kappa shape index (κ1) is 16.8. The Morgan fingerprint density at radius 3 is 2.52 bits per heavy atom. The molecule has 1 saturated heterocycles. The fourth-order valence-electron chi connectivity index (χ4n) is 2.91. The van der Waals surface area contributed by atoms with Gasteiger partial charge in [-0.15, -0.1) is 0 Å². The fraction of sp³-hybridized carbons (Fsp3) is 0.158. The Labute approximate surface area is 155 Å². The van der Waals surface area contributed by atoms with Crippen LogP contribution in [0, 0.1) is 0 Å². The fourth-order valence-corrected chi connectivity index (χ4v) is 2.91. The molecule has 3 aromatic rings. The number of imide groups is 1. The molecule has 1 aliphatic heterocycles. The molecule has 2 heterocycles. The number of aromatic amines is 1. The molecule has 2 aromatic carbocycles. The van der Waals surface area contributed by atoms with Gasteiger partial charge in [-0.3, -0.25) is 9.89 Å². The van der Waals surface area contributed by atoms with E-state index in [0.29, 0.717) is 23.7 Å². The third-order valence-electron chi connectivity index (χ3n) is 4.24. The monoisotopic (exact) mass is 363 g/mol. The van der Waals surface area contributed by atoms with E-state index in [4.69, 9.17) is 4.74 Å². The SMILES string of the molecule is O=C1NC(Cc2ccccc2)C(=O)N1c1ccc(OCc2ncn[nH]2)cc1. The molecule has 1 aromatic heterocycles. The van der Waals surface area contributed by atoms with Crippen molar-refractivity contribution in [2.45, 2.75) is 19.1 Å². The summed E-state index contributed by atoms with van der Waals surface area (Å²) in [5.41, 5.74) is 1.49. The third kappa shape index (κ3) is 3.64. The lowest BCUT2D eigenvalue weighted by Crippen LogP contribution is -2.32. The predicted molar refractivity (Wildman–Crippen MR) is 97.1 cm³/mol. The molecule has 8 nitrogen and oxygen atoms in total. The maximum atomic E-state index is 12.7. The quantitative estimate of drug-likeness (QED) is 0.653. The molecule has 2 N–H and O–H groups in total. The summed E-state index contributed by atoms with van der Waals surface area (Å²) in [6, 6.07) is 15.4. The van der Waals surface area contributed by atoms with Crippen LogP contribution in [0.5, 0.6) is 5.75 Å². The number of carbonyl (C=O) groups is 2. The van der Waals surface area contributed by atoms with Crippen LogP contribution < -0.4 is 15.0 Å². The highest BCUT2D eigenvalue weighted by Gasteiger charge is 2.38. The Balaban J connectivity index is 1.43. The zero-order chi connectivity index (χ0) is 18.6. The number of rotatable bonds is 6. The summed E-state index contributed by atoms with van der Waals surface area (Å²) in [5.74, 6) is 0.944. The van der Waals surface area contributed by atoms with Gasteiger partial charge in [-0.1, -0.05) is 30.3 Å². The van der Waals surface area contributed by atoms with Crippen LogP contribution in [0.2, 0.25) is 0 Å². The number of anilines is 1. The van der Waals surface area contributed by atoms with Gasteiger partial charge in [0, 0.05) is 6.42 Å². The number of hydrogen-bond acceptors (Lipinski definition) is 5. The second-order valence-electron chi connectivity index (χ2n) is 6.08. The van der Waals surface area contributed by atoms with Crippen LogP contribution >= 0.6 is 0 Å². The normalized spacial score (nSPS) is 16.4. The molecule has 27 heavy (non-hydrogen) atoms. The molecule has 0 saturated carbocycles. The minimum atomic E-state index is -0.567. The van der Waals surface area contributed by atoms with Gasteiger partial charge >= 0.3 is 6.03 Å². The van der Waals surface area contributed by atoms with Crippen molar-refractivity contribution in [3.8, 4) is 5.75 Å². The number of nitrogens with one attached hydrogen (secondary N) is 2. The topological polar surface area (TPSA) is 100 Å². The molecule has 1 fully saturated rings. The first-order valence-electron chi connectivity index (χ1n) is 8.46. The minimum Gasteiger partial charge on any atom is -0.486 e. The maximum absolute atomic E-state index is 12.7. The predicted octanol–water partition coefficient (Wildman–Crippen LogP) is 2.05. The van der Waals surface area contributed by atoms with E-state index in [0.717, 1.165) is 10.5 Å². The van der Waals surface area contributed by atoms with Crippen LogP contribution in [0.25, 0.3) is 0 Å². The summed E-state index contributed by atoms with van der Waals surface area (Å²) in [6.45, 7) is 0.252. The van der Waals surface area contributed by atoms with E-state index in [2.05, 4.69) is 20.5 Å². The van der Waals surface area contributed by atoms with Crippen molar-refractivity contribution in [1.29, 1.82) is 0 Å². The highest BCUT2D eigenvalue weighted by molar-refractivity contribution is 6.21. The number of ether oxygens (including phenoxy) is 1. The lowest BCUT2D eigenvalue weighted by Gasteiger charge is -2.14. The Morgan fingerprint density at radius 1 is 1.04 bits per heavy atom. The van der Waals surface area contributed by atoms with E-state index in [-0.39, 0.29) is 12.5 Å². The number of urea groups is 1. The van der Waals surface area contributed by atoms with Crippen LogP contribution in [0.1, 0.15) is 11.4 Å². The van der Waals surface area contributed by atoms with Crippen molar-refractivity contribution in [1.82, 2.24) is 20.5 Å². The summed E-state index contributed by atoms with van der Waals surface area (Å²) >= 11 is 0. The van der Waals surface area contributed by atoms with Crippen molar-refractivity contribution in [3.05, 3.63) is 72.3 Å². The molecule has 0 bridgehead atoms. The molecule has 0 radical (unpaired) electrons. The number of nitrogens with zero attached hydrogens (tertiary/aromatic N) is 3. The van der Waals surface area contributed by atoms with Crippen molar-refractivity contribution in [2.24, 2.45) is 0 Å². The molecule has 1 aliphatic rings. The Morgan fingerprint density at radius 2 is 1.81 bits per heavy atom. The molecule has 1 atom stereocenters. The highest BCUT2D eigenvalue weighted by Crippen LogP contribution is 2.24. The van der Waals surface area contributed by atoms with Crippen molar-refractivity contribution in [2.75, 3.05) is 4.90 Å². The summed E-state index contributed by atoms with van der Waals surface area (Å²) in [6.07, 6.45) is 1.87. The van der Waals surface area contributed by atoms with Crippen LogP contribution in [0.15, 0.2) is 60.9 Å². The van der Waals surface area contributed by atoms with E-state index in [9.17, 15) is 9.59 Å². The number of carbonyl (C=O) groups excluding carboxylic acids is 2. The van der Waals surface area contributed by atoms with E-state index in [1.165, 1.54) is 6.33 Å². The molecule has 0 spiro atoms. The van der Waals surface area contributed by atoms with Crippen molar-refractivity contribution < 1.29 is 14.3 Å². The standard InChI is InChI=1S/C19H17N5O3/c25-18-16(10-13-4-2-1-3-5-13)22-19(26)24(18)14-6-8-15(9-7-14)27-11-17-20-12-21-23-17/h1-9,12,16H,10-11H2,(H,22,26)(H,20,21,23). The van der Waals surface area contributed by atoms with Gasteiger partial charge in [0.1, 0.15) is 24.7 Å². The highest BCUT2D eigenvalue weighted by atomic mass is 16.5. The first-order chi connectivity index (χ1) is 13.2. The van der Waals surface area contributed by atoms with Gasteiger partial charge in [0.25, 0.3) is 5.91 Å². The van der Waals surface area contributed by atoms with E-state index >= 15 is 0 Å². The lowest BCUT2D eigenvalue weighted by atomic mass is 10.1. The van der Waals surface area contributed by atoms with Gasteiger partial charge < -0.3 is 10.1 Å². The van der Waals surface area contributed by atoms with Gasteiger partial charge in [-0.05, 0) is 29.8 Å². The molecule has 8 heteroatoms. The lowest BCUT2D eigenvalue weighted by molar-refractivity contribution is -0.118. The zero-order valence-electron chi connectivity index (χ0n) is 14.3. The summed E-state index contributed by atoms with van der Waals surface area (Å²) in [4.78, 5) is 30.1. The number of aromatic nitrogens is 3. The Kier molecular flexibility index (Phi) is 4.52. The largest absolute Gasteiger partial charge is 0.486 e. The van der Waals surface area contributed by atoms with Gasteiger partial charge in [0.15, 0.2) is 5.82 Å². The molecule has 3 amide bonds. The van der Waals surface area contributed by atoms with Crippen molar-refractivity contribution >= 4 is 17.6 Å². The molecular weight excluding hydrogens is 346 g/mol. The Bertz CT molecular complexity index is 926. The number of benzene rings is 2. The Hall–Kier alpha value is -3.68. The minimum absolute atomic E-state index is 0.252. The molecule has 4 rings (SSSR count). The van der Waals surface area contributed by atoms with Crippen molar-refractivity contribution in [3.63, 3.8) is 0 Å².